The minimum atomic E-state index is -0.484. The van der Waals surface area contributed by atoms with Crippen LogP contribution in [-0.2, 0) is 0 Å². The van der Waals surface area contributed by atoms with Gasteiger partial charge in [-0.2, -0.15) is 0 Å². The van der Waals surface area contributed by atoms with Gasteiger partial charge in [0.15, 0.2) is 0 Å². The number of nitro groups is 1. The summed E-state index contributed by atoms with van der Waals surface area (Å²) >= 11 is 0. The SMILES string of the molecule is Cc1cccc([N+](=O)[O-])c1Oc1ncnc(N)c1C(C)C. The molecular weight excluding hydrogens is 272 g/mol. The van der Waals surface area contributed by atoms with Crippen LogP contribution in [0.15, 0.2) is 24.5 Å². The first-order valence-electron chi connectivity index (χ1n) is 6.44. The van der Waals surface area contributed by atoms with E-state index in [0.717, 1.165) is 0 Å². The number of nitrogens with two attached hydrogens (primary N) is 1. The Labute approximate surface area is 121 Å². The van der Waals surface area contributed by atoms with E-state index < -0.39 is 4.92 Å². The van der Waals surface area contributed by atoms with E-state index in [2.05, 4.69) is 9.97 Å². The van der Waals surface area contributed by atoms with Crippen molar-refractivity contribution in [1.29, 1.82) is 0 Å². The highest BCUT2D eigenvalue weighted by atomic mass is 16.6. The smallest absolute Gasteiger partial charge is 0.311 e. The molecule has 0 spiro atoms. The predicted octanol–water partition coefficient (Wildman–Crippen LogP) is 3.19. The van der Waals surface area contributed by atoms with E-state index in [1.165, 1.54) is 12.4 Å². The molecule has 110 valence electrons. The number of aryl methyl sites for hydroxylation is 1. The Hall–Kier alpha value is -2.70. The number of benzene rings is 1. The van der Waals surface area contributed by atoms with Gasteiger partial charge in [-0.05, 0) is 18.4 Å². The van der Waals surface area contributed by atoms with Crippen molar-refractivity contribution in [2.75, 3.05) is 5.73 Å². The van der Waals surface area contributed by atoms with Gasteiger partial charge in [0.2, 0.25) is 11.6 Å². The molecule has 2 N–H and O–H groups in total. The fourth-order valence-corrected chi connectivity index (χ4v) is 2.03. The number of hydrogen-bond acceptors (Lipinski definition) is 6. The Morgan fingerprint density at radius 2 is 2.05 bits per heavy atom. The second-order valence-electron chi connectivity index (χ2n) is 4.91. The van der Waals surface area contributed by atoms with Crippen molar-refractivity contribution < 1.29 is 9.66 Å². The zero-order valence-electron chi connectivity index (χ0n) is 12.0. The minimum absolute atomic E-state index is 0.0317. The second kappa shape index (κ2) is 5.74. The van der Waals surface area contributed by atoms with Gasteiger partial charge in [0.1, 0.15) is 12.1 Å². The molecule has 0 aliphatic carbocycles. The highest BCUT2D eigenvalue weighted by molar-refractivity contribution is 5.55. The third kappa shape index (κ3) is 2.91. The van der Waals surface area contributed by atoms with Crippen LogP contribution in [0.25, 0.3) is 0 Å². The normalized spacial score (nSPS) is 10.7. The molecule has 7 nitrogen and oxygen atoms in total. The van der Waals surface area contributed by atoms with Crippen LogP contribution >= 0.6 is 0 Å². The zero-order chi connectivity index (χ0) is 15.6. The van der Waals surface area contributed by atoms with Gasteiger partial charge >= 0.3 is 5.69 Å². The fourth-order valence-electron chi connectivity index (χ4n) is 2.03. The molecule has 0 saturated heterocycles. The lowest BCUT2D eigenvalue weighted by Gasteiger charge is -2.14. The molecule has 0 aliphatic heterocycles. The highest BCUT2D eigenvalue weighted by Crippen LogP contribution is 2.37. The summed E-state index contributed by atoms with van der Waals surface area (Å²) in [7, 11) is 0. The molecule has 0 atom stereocenters. The molecule has 1 aromatic heterocycles. The average Bonchev–Trinajstić information content (AvgIpc) is 2.40. The standard InChI is InChI=1S/C14H16N4O3/c1-8(2)11-13(15)16-7-17-14(11)21-12-9(3)5-4-6-10(12)18(19)20/h4-8H,1-3H3,(H2,15,16,17). The summed E-state index contributed by atoms with van der Waals surface area (Å²) < 4.78 is 5.70. The Morgan fingerprint density at radius 3 is 2.67 bits per heavy atom. The third-order valence-electron chi connectivity index (χ3n) is 3.04. The number of nitrogen functional groups attached to an aromatic ring is 1. The Balaban J connectivity index is 2.54. The molecule has 0 bridgehead atoms. The van der Waals surface area contributed by atoms with Crippen molar-refractivity contribution in [2.45, 2.75) is 26.7 Å². The Bertz CT molecular complexity index is 686. The molecule has 2 rings (SSSR count). The fraction of sp³-hybridized carbons (Fsp3) is 0.286. The lowest BCUT2D eigenvalue weighted by Crippen LogP contribution is -2.05. The molecule has 21 heavy (non-hydrogen) atoms. The first-order chi connectivity index (χ1) is 9.91. The van der Waals surface area contributed by atoms with Crippen molar-refractivity contribution in [3.63, 3.8) is 0 Å². The van der Waals surface area contributed by atoms with Crippen molar-refractivity contribution >= 4 is 11.5 Å². The number of rotatable bonds is 4. The topological polar surface area (TPSA) is 104 Å². The van der Waals surface area contributed by atoms with Crippen LogP contribution in [0.5, 0.6) is 11.6 Å². The van der Waals surface area contributed by atoms with Gasteiger partial charge in [-0.25, -0.2) is 9.97 Å². The molecule has 2 aromatic rings. The molecule has 0 unspecified atom stereocenters. The maximum Gasteiger partial charge on any atom is 0.311 e. The third-order valence-corrected chi connectivity index (χ3v) is 3.04. The van der Waals surface area contributed by atoms with Gasteiger partial charge in [0, 0.05) is 6.07 Å². The predicted molar refractivity (Wildman–Crippen MR) is 78.4 cm³/mol. The number of anilines is 1. The molecule has 1 aromatic carbocycles. The second-order valence-corrected chi connectivity index (χ2v) is 4.91. The number of nitro benzene ring substituents is 1. The summed E-state index contributed by atoms with van der Waals surface area (Å²) in [6.07, 6.45) is 1.28. The summed E-state index contributed by atoms with van der Waals surface area (Å²) in [5, 5.41) is 11.1. The average molecular weight is 288 g/mol. The van der Waals surface area contributed by atoms with Crippen molar-refractivity contribution in [3.05, 3.63) is 45.8 Å². The Morgan fingerprint density at radius 1 is 1.33 bits per heavy atom. The summed E-state index contributed by atoms with van der Waals surface area (Å²) in [4.78, 5) is 18.6. The summed E-state index contributed by atoms with van der Waals surface area (Å²) in [6.45, 7) is 5.59. The van der Waals surface area contributed by atoms with Crippen LogP contribution in [0.2, 0.25) is 0 Å². The monoisotopic (exact) mass is 288 g/mol. The molecule has 0 fully saturated rings. The maximum absolute atomic E-state index is 11.1. The van der Waals surface area contributed by atoms with Crippen molar-refractivity contribution in [2.24, 2.45) is 0 Å². The van der Waals surface area contributed by atoms with Crippen LogP contribution < -0.4 is 10.5 Å². The van der Waals surface area contributed by atoms with Crippen molar-refractivity contribution in [1.82, 2.24) is 9.97 Å². The zero-order valence-corrected chi connectivity index (χ0v) is 12.0. The number of nitrogens with zero attached hydrogens (tertiary/aromatic N) is 3. The van der Waals surface area contributed by atoms with Gasteiger partial charge in [0.25, 0.3) is 0 Å². The number of hydrogen-bond donors (Lipinski definition) is 1. The van der Waals surface area contributed by atoms with Crippen LogP contribution in [0.4, 0.5) is 11.5 Å². The van der Waals surface area contributed by atoms with Crippen LogP contribution in [-0.4, -0.2) is 14.9 Å². The van der Waals surface area contributed by atoms with E-state index in [4.69, 9.17) is 10.5 Å². The quantitative estimate of drug-likeness (QED) is 0.684. The Kier molecular flexibility index (Phi) is 4.02. The summed E-state index contributed by atoms with van der Waals surface area (Å²) in [6, 6.07) is 4.74. The van der Waals surface area contributed by atoms with Crippen LogP contribution in [0, 0.1) is 17.0 Å². The number of ether oxygens (including phenoxy) is 1. The van der Waals surface area contributed by atoms with E-state index in [1.54, 1.807) is 19.1 Å². The van der Waals surface area contributed by atoms with E-state index in [0.29, 0.717) is 16.9 Å². The maximum atomic E-state index is 11.1. The van der Waals surface area contributed by atoms with Gasteiger partial charge in [-0.1, -0.05) is 26.0 Å². The summed E-state index contributed by atoms with van der Waals surface area (Å²) in [5.74, 6) is 0.757. The molecular formula is C14H16N4O3. The molecule has 0 aliphatic rings. The van der Waals surface area contributed by atoms with Gasteiger partial charge in [-0.15, -0.1) is 0 Å². The van der Waals surface area contributed by atoms with E-state index in [9.17, 15) is 10.1 Å². The number of para-hydroxylation sites is 1. The molecule has 0 radical (unpaired) electrons. The molecule has 1 heterocycles. The first kappa shape index (κ1) is 14.7. The van der Waals surface area contributed by atoms with E-state index in [-0.39, 0.29) is 23.2 Å². The van der Waals surface area contributed by atoms with Crippen molar-refractivity contribution in [3.8, 4) is 11.6 Å². The minimum Gasteiger partial charge on any atom is -0.431 e. The molecule has 7 heteroatoms. The van der Waals surface area contributed by atoms with E-state index >= 15 is 0 Å². The lowest BCUT2D eigenvalue weighted by atomic mass is 10.1. The summed E-state index contributed by atoms with van der Waals surface area (Å²) in [5.41, 5.74) is 7.02. The van der Waals surface area contributed by atoms with Crippen LogP contribution in [0.1, 0.15) is 30.9 Å². The van der Waals surface area contributed by atoms with Gasteiger partial charge in [0.05, 0.1) is 10.5 Å². The molecule has 0 saturated carbocycles. The largest absolute Gasteiger partial charge is 0.431 e. The van der Waals surface area contributed by atoms with Gasteiger partial charge < -0.3 is 10.5 Å². The first-order valence-corrected chi connectivity index (χ1v) is 6.44. The van der Waals surface area contributed by atoms with Gasteiger partial charge in [-0.3, -0.25) is 10.1 Å². The van der Waals surface area contributed by atoms with Crippen LogP contribution in [0.3, 0.4) is 0 Å². The molecule has 0 amide bonds. The number of aromatic nitrogens is 2. The van der Waals surface area contributed by atoms with E-state index in [1.807, 2.05) is 13.8 Å². The highest BCUT2D eigenvalue weighted by Gasteiger charge is 2.21. The lowest BCUT2D eigenvalue weighted by molar-refractivity contribution is -0.385.